The number of nitrogens with zero attached hydrogens (tertiary/aromatic N) is 1. The third kappa shape index (κ3) is 4.31. The lowest BCUT2D eigenvalue weighted by Crippen LogP contribution is -2.48. The Morgan fingerprint density at radius 3 is 2.30 bits per heavy atom. The van der Waals surface area contributed by atoms with Gasteiger partial charge in [-0.3, -0.25) is 0 Å². The van der Waals surface area contributed by atoms with Crippen molar-refractivity contribution in [3.05, 3.63) is 29.8 Å². The Morgan fingerprint density at radius 2 is 1.78 bits per heavy atom. The first-order valence-corrected chi connectivity index (χ1v) is 9.21. The van der Waals surface area contributed by atoms with Gasteiger partial charge in [-0.05, 0) is 44.5 Å². The zero-order valence-corrected chi connectivity index (χ0v) is 14.5. The molecule has 1 fully saturated rings. The van der Waals surface area contributed by atoms with Crippen LogP contribution in [-0.4, -0.2) is 50.6 Å². The van der Waals surface area contributed by atoms with E-state index in [9.17, 15) is 13.2 Å². The van der Waals surface area contributed by atoms with Crippen molar-refractivity contribution < 1.29 is 22.7 Å². The van der Waals surface area contributed by atoms with Gasteiger partial charge in [-0.2, -0.15) is 4.31 Å². The van der Waals surface area contributed by atoms with E-state index in [2.05, 4.69) is 0 Å². The summed E-state index contributed by atoms with van der Waals surface area (Å²) in [6.45, 7) is 6.62. The van der Waals surface area contributed by atoms with Crippen molar-refractivity contribution in [1.82, 2.24) is 4.31 Å². The second-order valence-electron chi connectivity index (χ2n) is 5.74. The number of sulfonamides is 1. The Morgan fingerprint density at radius 1 is 1.22 bits per heavy atom. The lowest BCUT2D eigenvalue weighted by Gasteiger charge is -2.34. The molecule has 0 amide bonds. The first-order chi connectivity index (χ1) is 10.8. The van der Waals surface area contributed by atoms with Gasteiger partial charge in [0.25, 0.3) is 0 Å². The summed E-state index contributed by atoms with van der Waals surface area (Å²) in [5.74, 6) is -0.440. The van der Waals surface area contributed by atoms with Crippen LogP contribution >= 0.6 is 0 Å². The number of rotatable bonds is 5. The molecule has 0 N–H and O–H groups in total. The zero-order chi connectivity index (χ0) is 17.0. The molecule has 1 aliphatic rings. The van der Waals surface area contributed by atoms with Gasteiger partial charge in [-0.25, -0.2) is 13.2 Å². The summed E-state index contributed by atoms with van der Waals surface area (Å²) in [6.07, 6.45) is 0.458. The zero-order valence-electron chi connectivity index (χ0n) is 13.7. The molecular weight excluding hydrogens is 318 g/mol. The molecule has 1 heterocycles. The molecule has 0 radical (unpaired) electrons. The molecule has 0 spiro atoms. The molecule has 1 aliphatic heterocycles. The van der Waals surface area contributed by atoms with E-state index >= 15 is 0 Å². The van der Waals surface area contributed by atoms with Gasteiger partial charge in [0.2, 0.25) is 10.0 Å². The predicted molar refractivity (Wildman–Crippen MR) is 85.8 cm³/mol. The average molecular weight is 341 g/mol. The van der Waals surface area contributed by atoms with Crippen LogP contribution in [0, 0.1) is 0 Å². The van der Waals surface area contributed by atoms with Crippen molar-refractivity contribution in [3.63, 3.8) is 0 Å². The number of ether oxygens (including phenoxy) is 2. The first kappa shape index (κ1) is 17.9. The summed E-state index contributed by atoms with van der Waals surface area (Å²) in [5.41, 5.74) is 0.348. The molecule has 0 saturated carbocycles. The summed E-state index contributed by atoms with van der Waals surface area (Å²) in [6, 6.07) is 5.86. The molecular formula is C16H23NO5S. The lowest BCUT2D eigenvalue weighted by molar-refractivity contribution is -0.0440. The van der Waals surface area contributed by atoms with Crippen molar-refractivity contribution in [2.75, 3.05) is 19.7 Å². The fourth-order valence-corrected chi connectivity index (χ4v) is 4.11. The fourth-order valence-electron chi connectivity index (χ4n) is 2.52. The van der Waals surface area contributed by atoms with Crippen LogP contribution in [0.1, 0.15) is 37.6 Å². The highest BCUT2D eigenvalue weighted by atomic mass is 32.2. The summed E-state index contributed by atoms with van der Waals surface area (Å²) in [7, 11) is -3.59. The lowest BCUT2D eigenvalue weighted by atomic mass is 10.2. The van der Waals surface area contributed by atoms with Crippen molar-refractivity contribution in [3.8, 4) is 0 Å². The Hall–Kier alpha value is -1.44. The standard InChI is InChI=1S/C16H23NO5S/c1-4-9-21-16(18)14-5-7-15(8-6-14)23(19,20)17-10-12(2)22-13(3)11-17/h5-8,12-13H,4,9-11H2,1-3H3. The van der Waals surface area contributed by atoms with Gasteiger partial charge in [-0.1, -0.05) is 6.92 Å². The molecule has 1 aromatic carbocycles. The quantitative estimate of drug-likeness (QED) is 0.767. The molecule has 2 unspecified atom stereocenters. The minimum absolute atomic E-state index is 0.142. The van der Waals surface area contributed by atoms with Crippen LogP contribution in [0.25, 0.3) is 0 Å². The van der Waals surface area contributed by atoms with E-state index < -0.39 is 16.0 Å². The number of carbonyl (C=O) groups is 1. The van der Waals surface area contributed by atoms with Gasteiger partial charge in [0.1, 0.15) is 0 Å². The summed E-state index contributed by atoms with van der Waals surface area (Å²) < 4.78 is 37.4. The Labute approximate surface area is 137 Å². The van der Waals surface area contributed by atoms with E-state index in [1.807, 2.05) is 20.8 Å². The molecule has 6 nitrogen and oxygen atoms in total. The number of carbonyl (C=O) groups excluding carboxylic acids is 1. The van der Waals surface area contributed by atoms with E-state index in [-0.39, 0.29) is 17.1 Å². The van der Waals surface area contributed by atoms with Gasteiger partial charge in [0.05, 0.1) is 29.3 Å². The highest BCUT2D eigenvalue weighted by Crippen LogP contribution is 2.21. The SMILES string of the molecule is CCCOC(=O)c1ccc(S(=O)(=O)N2CC(C)OC(C)C2)cc1. The monoisotopic (exact) mass is 341 g/mol. The number of morpholine rings is 1. The molecule has 0 aromatic heterocycles. The van der Waals surface area contributed by atoms with E-state index in [1.54, 1.807) is 0 Å². The molecule has 128 valence electrons. The molecule has 2 atom stereocenters. The van der Waals surface area contributed by atoms with Gasteiger partial charge < -0.3 is 9.47 Å². The smallest absolute Gasteiger partial charge is 0.338 e. The highest BCUT2D eigenvalue weighted by Gasteiger charge is 2.32. The number of hydrogen-bond acceptors (Lipinski definition) is 5. The maximum absolute atomic E-state index is 12.7. The maximum Gasteiger partial charge on any atom is 0.338 e. The summed E-state index contributed by atoms with van der Waals surface area (Å²) >= 11 is 0. The highest BCUT2D eigenvalue weighted by molar-refractivity contribution is 7.89. The molecule has 1 saturated heterocycles. The van der Waals surface area contributed by atoms with Crippen molar-refractivity contribution >= 4 is 16.0 Å². The van der Waals surface area contributed by atoms with E-state index in [4.69, 9.17) is 9.47 Å². The Kier molecular flexibility index (Phi) is 5.78. The molecule has 2 rings (SSSR count). The summed E-state index contributed by atoms with van der Waals surface area (Å²) in [5, 5.41) is 0. The molecule has 0 bridgehead atoms. The molecule has 1 aromatic rings. The van der Waals surface area contributed by atoms with Crippen molar-refractivity contribution in [2.24, 2.45) is 0 Å². The largest absolute Gasteiger partial charge is 0.462 e. The minimum Gasteiger partial charge on any atom is -0.462 e. The Balaban J connectivity index is 2.15. The van der Waals surface area contributed by atoms with Crippen LogP contribution in [-0.2, 0) is 19.5 Å². The molecule has 0 aliphatic carbocycles. The second kappa shape index (κ2) is 7.42. The van der Waals surface area contributed by atoms with Crippen molar-refractivity contribution in [1.29, 1.82) is 0 Å². The van der Waals surface area contributed by atoms with Crippen LogP contribution < -0.4 is 0 Å². The number of hydrogen-bond donors (Lipinski definition) is 0. The van der Waals surface area contributed by atoms with Crippen LogP contribution in [0.5, 0.6) is 0 Å². The van der Waals surface area contributed by atoms with Gasteiger partial charge in [-0.15, -0.1) is 0 Å². The third-order valence-electron chi connectivity index (χ3n) is 3.55. The van der Waals surface area contributed by atoms with Gasteiger partial charge in [0, 0.05) is 13.1 Å². The van der Waals surface area contributed by atoms with Crippen molar-refractivity contribution in [2.45, 2.75) is 44.3 Å². The van der Waals surface area contributed by atoms with Crippen LogP contribution in [0.3, 0.4) is 0 Å². The molecule has 23 heavy (non-hydrogen) atoms. The van der Waals surface area contributed by atoms with Gasteiger partial charge >= 0.3 is 5.97 Å². The first-order valence-electron chi connectivity index (χ1n) is 7.77. The maximum atomic E-state index is 12.7. The minimum atomic E-state index is -3.59. The van der Waals surface area contributed by atoms with E-state index in [0.717, 1.165) is 6.42 Å². The van der Waals surface area contributed by atoms with Crippen LogP contribution in [0.15, 0.2) is 29.2 Å². The normalized spacial score (nSPS) is 22.7. The fraction of sp³-hybridized carbons (Fsp3) is 0.562. The van der Waals surface area contributed by atoms with E-state index in [1.165, 1.54) is 28.6 Å². The summed E-state index contributed by atoms with van der Waals surface area (Å²) in [4.78, 5) is 11.9. The third-order valence-corrected chi connectivity index (χ3v) is 5.40. The predicted octanol–water partition coefficient (Wildman–Crippen LogP) is 2.05. The van der Waals surface area contributed by atoms with Crippen LogP contribution in [0.2, 0.25) is 0 Å². The Bertz CT molecular complexity index is 631. The molecule has 7 heteroatoms. The van der Waals surface area contributed by atoms with Gasteiger partial charge in [0.15, 0.2) is 0 Å². The topological polar surface area (TPSA) is 72.9 Å². The number of benzene rings is 1. The number of esters is 1. The van der Waals surface area contributed by atoms with Crippen LogP contribution in [0.4, 0.5) is 0 Å². The van der Waals surface area contributed by atoms with E-state index in [0.29, 0.717) is 25.3 Å². The average Bonchev–Trinajstić information content (AvgIpc) is 2.51. The second-order valence-corrected chi connectivity index (χ2v) is 7.68.